The van der Waals surface area contributed by atoms with Crippen LogP contribution in [0.4, 0.5) is 4.79 Å². The largest absolute Gasteiger partial charge is 0.480 e. The van der Waals surface area contributed by atoms with Gasteiger partial charge in [0.15, 0.2) is 0 Å². The number of carbonyl (C=O) groups excluding carboxylic acids is 1. The summed E-state index contributed by atoms with van der Waals surface area (Å²) < 4.78 is 9.97. The molecule has 1 amide bonds. The predicted molar refractivity (Wildman–Crippen MR) is 79.2 cm³/mol. The predicted octanol–water partition coefficient (Wildman–Crippen LogP) is 2.12. The molecule has 0 radical (unpaired) electrons. The van der Waals surface area contributed by atoms with Gasteiger partial charge in [0.25, 0.3) is 0 Å². The molecule has 0 aliphatic heterocycles. The van der Waals surface area contributed by atoms with Gasteiger partial charge in [-0.25, -0.2) is 9.59 Å². The van der Waals surface area contributed by atoms with Gasteiger partial charge in [-0.05, 0) is 45.1 Å². The van der Waals surface area contributed by atoms with Crippen molar-refractivity contribution in [2.24, 2.45) is 0 Å². The minimum Gasteiger partial charge on any atom is -0.480 e. The van der Waals surface area contributed by atoms with Crippen LogP contribution in [0.3, 0.4) is 0 Å². The van der Waals surface area contributed by atoms with E-state index in [9.17, 15) is 9.59 Å². The second kappa shape index (κ2) is 9.88. The molecule has 0 aromatic rings. The minimum absolute atomic E-state index is 0.367. The third kappa shape index (κ3) is 10.9. The molecule has 2 N–H and O–H groups in total. The number of hydrogen-bond donors (Lipinski definition) is 2. The maximum absolute atomic E-state index is 11.5. The number of carbonyl (C=O) groups is 2. The minimum atomic E-state index is -1.05. The van der Waals surface area contributed by atoms with E-state index >= 15 is 0 Å². The fraction of sp³-hybridized carbons (Fsp3) is 0.846. The molecule has 0 aliphatic rings. The van der Waals surface area contributed by atoms with Crippen LogP contribution in [0.2, 0.25) is 0 Å². The van der Waals surface area contributed by atoms with Crippen molar-refractivity contribution in [3.05, 3.63) is 0 Å². The standard InChI is InChI=1S/C13H25NO5S/c1-13(2,3)19-12(17)14-10(11(15)16)6-9-20-8-5-7-18-4/h10H,5-9H2,1-4H3,(H,14,17)(H,15,16). The summed E-state index contributed by atoms with van der Waals surface area (Å²) in [5.74, 6) is 0.525. The van der Waals surface area contributed by atoms with Gasteiger partial charge in [0.2, 0.25) is 0 Å². The van der Waals surface area contributed by atoms with E-state index in [-0.39, 0.29) is 0 Å². The van der Waals surface area contributed by atoms with Gasteiger partial charge in [0.1, 0.15) is 11.6 Å². The van der Waals surface area contributed by atoms with Crippen molar-refractivity contribution in [2.45, 2.75) is 45.3 Å². The Balaban J connectivity index is 3.99. The number of carboxylic acids is 1. The molecule has 0 aliphatic carbocycles. The maximum Gasteiger partial charge on any atom is 0.408 e. The monoisotopic (exact) mass is 307 g/mol. The highest BCUT2D eigenvalue weighted by molar-refractivity contribution is 7.99. The molecule has 0 rings (SSSR count). The Bertz CT molecular complexity index is 304. The van der Waals surface area contributed by atoms with Crippen LogP contribution in [-0.2, 0) is 14.3 Å². The van der Waals surface area contributed by atoms with Crippen molar-refractivity contribution in [1.82, 2.24) is 5.32 Å². The average Bonchev–Trinajstić information content (AvgIpc) is 2.29. The van der Waals surface area contributed by atoms with Crippen molar-refractivity contribution in [3.63, 3.8) is 0 Å². The summed E-state index contributed by atoms with van der Waals surface area (Å²) in [5, 5.41) is 11.4. The van der Waals surface area contributed by atoms with E-state index in [1.807, 2.05) is 0 Å². The zero-order valence-corrected chi connectivity index (χ0v) is 13.4. The number of nitrogens with one attached hydrogen (secondary N) is 1. The molecular weight excluding hydrogens is 282 g/mol. The van der Waals surface area contributed by atoms with Crippen LogP contribution < -0.4 is 5.32 Å². The van der Waals surface area contributed by atoms with E-state index < -0.39 is 23.7 Å². The Kier molecular flexibility index (Phi) is 9.41. The van der Waals surface area contributed by atoms with Crippen LogP contribution in [0.15, 0.2) is 0 Å². The first-order valence-electron chi connectivity index (χ1n) is 6.55. The summed E-state index contributed by atoms with van der Waals surface area (Å²) in [6.45, 7) is 5.89. The van der Waals surface area contributed by atoms with Crippen LogP contribution in [0, 0.1) is 0 Å². The highest BCUT2D eigenvalue weighted by atomic mass is 32.2. The number of alkyl carbamates (subject to hydrolysis) is 1. The van der Waals surface area contributed by atoms with Crippen LogP contribution in [0.5, 0.6) is 0 Å². The second-order valence-electron chi connectivity index (χ2n) is 5.28. The van der Waals surface area contributed by atoms with E-state index in [0.29, 0.717) is 18.8 Å². The molecule has 6 nitrogen and oxygen atoms in total. The first kappa shape index (κ1) is 19.1. The molecule has 0 aromatic heterocycles. The number of thioether (sulfide) groups is 1. The van der Waals surface area contributed by atoms with Gasteiger partial charge < -0.3 is 19.9 Å². The quantitative estimate of drug-likeness (QED) is 0.635. The highest BCUT2D eigenvalue weighted by Crippen LogP contribution is 2.09. The molecule has 7 heteroatoms. The van der Waals surface area contributed by atoms with Crippen molar-refractivity contribution in [3.8, 4) is 0 Å². The van der Waals surface area contributed by atoms with Crippen LogP contribution in [0.25, 0.3) is 0 Å². The maximum atomic E-state index is 11.5. The summed E-state index contributed by atoms with van der Waals surface area (Å²) in [7, 11) is 1.65. The summed E-state index contributed by atoms with van der Waals surface area (Å²) in [6.07, 6.45) is 0.597. The van der Waals surface area contributed by atoms with E-state index in [4.69, 9.17) is 14.6 Å². The first-order valence-corrected chi connectivity index (χ1v) is 7.70. The van der Waals surface area contributed by atoms with Gasteiger partial charge in [-0.1, -0.05) is 0 Å². The number of ether oxygens (including phenoxy) is 2. The number of aliphatic carboxylic acids is 1. The van der Waals surface area contributed by atoms with Crippen LogP contribution in [0.1, 0.15) is 33.6 Å². The molecule has 0 spiro atoms. The van der Waals surface area contributed by atoms with Crippen molar-refractivity contribution < 1.29 is 24.2 Å². The molecule has 0 saturated carbocycles. The average molecular weight is 307 g/mol. The van der Waals surface area contributed by atoms with Gasteiger partial charge in [-0.2, -0.15) is 11.8 Å². The number of methoxy groups -OCH3 is 1. The third-order valence-corrected chi connectivity index (χ3v) is 3.28. The van der Waals surface area contributed by atoms with Gasteiger partial charge >= 0.3 is 12.1 Å². The smallest absolute Gasteiger partial charge is 0.408 e. The van der Waals surface area contributed by atoms with Gasteiger partial charge in [0.05, 0.1) is 0 Å². The lowest BCUT2D eigenvalue weighted by atomic mass is 10.2. The lowest BCUT2D eigenvalue weighted by molar-refractivity contribution is -0.139. The number of hydrogen-bond acceptors (Lipinski definition) is 5. The summed E-state index contributed by atoms with van der Waals surface area (Å²) in [5.41, 5.74) is -0.637. The third-order valence-electron chi connectivity index (χ3n) is 2.18. The molecule has 20 heavy (non-hydrogen) atoms. The Labute approximate surface area is 124 Å². The molecule has 0 heterocycles. The molecule has 0 fully saturated rings. The Morgan fingerprint density at radius 3 is 2.45 bits per heavy atom. The van der Waals surface area contributed by atoms with Crippen LogP contribution in [-0.4, -0.2) is 54.0 Å². The molecule has 0 bridgehead atoms. The fourth-order valence-electron chi connectivity index (χ4n) is 1.32. The summed E-state index contributed by atoms with van der Waals surface area (Å²) in [6, 6.07) is -0.917. The number of amides is 1. The normalized spacial score (nSPS) is 12.8. The van der Waals surface area contributed by atoms with Gasteiger partial charge in [0, 0.05) is 13.7 Å². The van der Waals surface area contributed by atoms with E-state index in [1.165, 1.54) is 0 Å². The van der Waals surface area contributed by atoms with Crippen molar-refractivity contribution in [1.29, 1.82) is 0 Å². The molecule has 118 valence electrons. The summed E-state index contributed by atoms with van der Waals surface area (Å²) in [4.78, 5) is 22.6. The molecule has 0 aromatic carbocycles. The summed E-state index contributed by atoms with van der Waals surface area (Å²) >= 11 is 1.64. The number of carboxylic acid groups (broad SMARTS) is 1. The van der Waals surface area contributed by atoms with Crippen molar-refractivity contribution in [2.75, 3.05) is 25.2 Å². The van der Waals surface area contributed by atoms with Crippen LogP contribution >= 0.6 is 11.8 Å². The van der Waals surface area contributed by atoms with Crippen molar-refractivity contribution >= 4 is 23.8 Å². The molecular formula is C13H25NO5S. The second-order valence-corrected chi connectivity index (χ2v) is 6.51. The SMILES string of the molecule is COCCCSCCC(NC(=O)OC(C)(C)C)C(=O)O. The fourth-order valence-corrected chi connectivity index (χ4v) is 2.24. The Hall–Kier alpha value is -0.950. The molecule has 0 saturated heterocycles. The Morgan fingerprint density at radius 1 is 1.30 bits per heavy atom. The van der Waals surface area contributed by atoms with E-state index in [0.717, 1.165) is 12.2 Å². The Morgan fingerprint density at radius 2 is 1.95 bits per heavy atom. The topological polar surface area (TPSA) is 84.9 Å². The lowest BCUT2D eigenvalue weighted by Gasteiger charge is -2.21. The first-order chi connectivity index (χ1) is 9.26. The van der Waals surface area contributed by atoms with E-state index in [2.05, 4.69) is 5.32 Å². The zero-order chi connectivity index (χ0) is 15.6. The number of rotatable bonds is 9. The highest BCUT2D eigenvalue weighted by Gasteiger charge is 2.23. The van der Waals surface area contributed by atoms with E-state index in [1.54, 1.807) is 39.6 Å². The lowest BCUT2D eigenvalue weighted by Crippen LogP contribution is -2.43. The van der Waals surface area contributed by atoms with Gasteiger partial charge in [-0.15, -0.1) is 0 Å². The zero-order valence-electron chi connectivity index (χ0n) is 12.6. The molecule has 1 unspecified atom stereocenters. The van der Waals surface area contributed by atoms with Gasteiger partial charge in [-0.3, -0.25) is 0 Å². The molecule has 1 atom stereocenters.